The number of benzene rings is 1. The highest BCUT2D eigenvalue weighted by Crippen LogP contribution is 2.30. The lowest BCUT2D eigenvalue weighted by Crippen LogP contribution is -2.31. The summed E-state index contributed by atoms with van der Waals surface area (Å²) < 4.78 is 0. The number of pyridine rings is 1. The zero-order valence-corrected chi connectivity index (χ0v) is 11.9. The Balaban J connectivity index is 1.85. The van der Waals surface area contributed by atoms with Crippen LogP contribution in [0, 0.1) is 11.3 Å². The van der Waals surface area contributed by atoms with Crippen LogP contribution in [-0.2, 0) is 6.42 Å². The summed E-state index contributed by atoms with van der Waals surface area (Å²) in [5.74, 6) is -0.517. The molecule has 2 N–H and O–H groups in total. The molecule has 0 saturated heterocycles. The Kier molecular flexibility index (Phi) is 3.75. The van der Waals surface area contributed by atoms with Crippen molar-refractivity contribution in [2.75, 3.05) is 0 Å². The fourth-order valence-corrected chi connectivity index (χ4v) is 2.83. The maximum atomic E-state index is 12.3. The van der Waals surface area contributed by atoms with Gasteiger partial charge in [0, 0.05) is 6.20 Å². The minimum Gasteiger partial charge on any atom is -0.505 e. The van der Waals surface area contributed by atoms with Crippen LogP contribution in [0.3, 0.4) is 0 Å². The molecule has 0 saturated carbocycles. The smallest absolute Gasteiger partial charge is 0.274 e. The van der Waals surface area contributed by atoms with E-state index in [1.165, 1.54) is 12.3 Å². The molecule has 0 radical (unpaired) electrons. The Hall–Kier alpha value is -2.87. The Bertz CT molecular complexity index is 765. The van der Waals surface area contributed by atoms with Crippen molar-refractivity contribution in [1.29, 1.82) is 5.26 Å². The average Bonchev–Trinajstić information content (AvgIpc) is 2.55. The summed E-state index contributed by atoms with van der Waals surface area (Å²) in [6, 6.07) is 10.6. The highest BCUT2D eigenvalue weighted by atomic mass is 16.3. The van der Waals surface area contributed by atoms with E-state index >= 15 is 0 Å². The summed E-state index contributed by atoms with van der Waals surface area (Å²) in [6.45, 7) is 0. The normalized spacial score (nSPS) is 16.4. The molecule has 1 heterocycles. The molecular weight excluding hydrogens is 278 g/mol. The second kappa shape index (κ2) is 5.86. The molecule has 22 heavy (non-hydrogen) atoms. The van der Waals surface area contributed by atoms with Crippen molar-refractivity contribution in [3.05, 3.63) is 58.9 Å². The molecule has 0 aliphatic heterocycles. The molecule has 1 aromatic carbocycles. The van der Waals surface area contributed by atoms with Crippen LogP contribution in [0.2, 0.25) is 0 Å². The van der Waals surface area contributed by atoms with E-state index in [0.717, 1.165) is 30.4 Å². The van der Waals surface area contributed by atoms with Crippen molar-refractivity contribution in [2.24, 2.45) is 0 Å². The van der Waals surface area contributed by atoms with Crippen LogP contribution in [0.15, 0.2) is 36.5 Å². The van der Waals surface area contributed by atoms with E-state index in [2.05, 4.69) is 16.4 Å². The third-order valence-electron chi connectivity index (χ3n) is 3.89. The number of fused-ring (bicyclic) bond motifs is 1. The fourth-order valence-electron chi connectivity index (χ4n) is 2.83. The third kappa shape index (κ3) is 2.63. The molecule has 1 amide bonds. The molecule has 0 spiro atoms. The number of nitriles is 1. The lowest BCUT2D eigenvalue weighted by Gasteiger charge is -2.26. The van der Waals surface area contributed by atoms with Gasteiger partial charge in [-0.05, 0) is 54.7 Å². The number of nitrogens with one attached hydrogen (secondary N) is 1. The number of nitrogens with zero attached hydrogens (tertiary/aromatic N) is 2. The highest BCUT2D eigenvalue weighted by molar-refractivity contribution is 5.95. The number of hydrogen-bond acceptors (Lipinski definition) is 4. The first-order valence-electron chi connectivity index (χ1n) is 7.17. The Labute approximate surface area is 128 Å². The number of rotatable bonds is 2. The molecule has 0 bridgehead atoms. The van der Waals surface area contributed by atoms with Gasteiger partial charge in [0.1, 0.15) is 5.75 Å². The van der Waals surface area contributed by atoms with Crippen molar-refractivity contribution in [1.82, 2.24) is 10.3 Å². The Morgan fingerprint density at radius 3 is 3.05 bits per heavy atom. The molecule has 2 aromatic rings. The molecule has 5 heteroatoms. The molecule has 1 aliphatic rings. The minimum atomic E-state index is -0.389. The maximum Gasteiger partial charge on any atom is 0.274 e. The van der Waals surface area contributed by atoms with Gasteiger partial charge in [0.15, 0.2) is 5.69 Å². The number of aromatic nitrogens is 1. The maximum absolute atomic E-state index is 12.3. The van der Waals surface area contributed by atoms with Gasteiger partial charge in [0.2, 0.25) is 0 Å². The van der Waals surface area contributed by atoms with E-state index in [1.54, 1.807) is 12.1 Å². The number of carbonyl (C=O) groups excluding carboxylic acids is 1. The number of aromatic hydroxyl groups is 1. The van der Waals surface area contributed by atoms with E-state index in [4.69, 9.17) is 5.26 Å². The topological polar surface area (TPSA) is 86.0 Å². The highest BCUT2D eigenvalue weighted by Gasteiger charge is 2.24. The molecule has 1 aliphatic carbocycles. The molecule has 1 unspecified atom stereocenters. The molecule has 1 aromatic heterocycles. The van der Waals surface area contributed by atoms with Gasteiger partial charge in [-0.15, -0.1) is 0 Å². The number of carbonyl (C=O) groups is 1. The third-order valence-corrected chi connectivity index (χ3v) is 3.89. The monoisotopic (exact) mass is 293 g/mol. The van der Waals surface area contributed by atoms with E-state index in [0.29, 0.717) is 5.56 Å². The van der Waals surface area contributed by atoms with E-state index < -0.39 is 0 Å². The number of hydrogen-bond donors (Lipinski definition) is 2. The number of aryl methyl sites for hydroxylation is 1. The predicted molar refractivity (Wildman–Crippen MR) is 80.2 cm³/mol. The van der Waals surface area contributed by atoms with Gasteiger partial charge in [-0.3, -0.25) is 4.79 Å². The van der Waals surface area contributed by atoms with Crippen LogP contribution in [0.25, 0.3) is 0 Å². The van der Waals surface area contributed by atoms with Crippen LogP contribution in [0.5, 0.6) is 5.75 Å². The minimum absolute atomic E-state index is 0.0308. The summed E-state index contributed by atoms with van der Waals surface area (Å²) in [7, 11) is 0. The largest absolute Gasteiger partial charge is 0.505 e. The molecule has 5 nitrogen and oxygen atoms in total. The molecule has 1 atom stereocenters. The predicted octanol–water partition coefficient (Wildman–Crippen LogP) is 2.47. The van der Waals surface area contributed by atoms with Crippen LogP contribution >= 0.6 is 0 Å². The first kappa shape index (κ1) is 14.1. The van der Waals surface area contributed by atoms with Gasteiger partial charge in [-0.2, -0.15) is 5.26 Å². The average molecular weight is 293 g/mol. The van der Waals surface area contributed by atoms with Gasteiger partial charge in [0.05, 0.1) is 17.7 Å². The summed E-state index contributed by atoms with van der Waals surface area (Å²) >= 11 is 0. The first-order valence-corrected chi connectivity index (χ1v) is 7.17. The van der Waals surface area contributed by atoms with Crippen molar-refractivity contribution in [3.63, 3.8) is 0 Å². The Morgan fingerprint density at radius 2 is 2.27 bits per heavy atom. The Morgan fingerprint density at radius 1 is 1.41 bits per heavy atom. The van der Waals surface area contributed by atoms with Gasteiger partial charge < -0.3 is 10.4 Å². The van der Waals surface area contributed by atoms with Gasteiger partial charge in [-0.25, -0.2) is 4.98 Å². The van der Waals surface area contributed by atoms with Crippen molar-refractivity contribution < 1.29 is 9.90 Å². The van der Waals surface area contributed by atoms with Crippen molar-refractivity contribution >= 4 is 5.91 Å². The molecule has 3 rings (SSSR count). The zero-order valence-electron chi connectivity index (χ0n) is 11.9. The summed E-state index contributed by atoms with van der Waals surface area (Å²) in [5, 5.41) is 21.6. The van der Waals surface area contributed by atoms with Gasteiger partial charge in [0.25, 0.3) is 5.91 Å². The SMILES string of the molecule is N#Cc1ccc2c(c1)CCCC2NC(=O)c1ncccc1O. The lowest BCUT2D eigenvalue weighted by molar-refractivity contribution is 0.0924. The molecular formula is C17H15N3O2. The second-order valence-electron chi connectivity index (χ2n) is 5.31. The lowest BCUT2D eigenvalue weighted by atomic mass is 9.86. The summed E-state index contributed by atoms with van der Waals surface area (Å²) in [5.41, 5.74) is 2.80. The van der Waals surface area contributed by atoms with Crippen LogP contribution < -0.4 is 5.32 Å². The quantitative estimate of drug-likeness (QED) is 0.890. The van der Waals surface area contributed by atoms with E-state index in [1.807, 2.05) is 12.1 Å². The van der Waals surface area contributed by atoms with Crippen molar-refractivity contribution in [2.45, 2.75) is 25.3 Å². The van der Waals surface area contributed by atoms with Crippen LogP contribution in [0.4, 0.5) is 0 Å². The summed E-state index contributed by atoms with van der Waals surface area (Å²) in [6.07, 6.45) is 4.16. The zero-order chi connectivity index (χ0) is 15.5. The van der Waals surface area contributed by atoms with Gasteiger partial charge in [-0.1, -0.05) is 6.07 Å². The molecule has 0 fully saturated rings. The molecule has 110 valence electrons. The first-order chi connectivity index (χ1) is 10.7. The van der Waals surface area contributed by atoms with Crippen LogP contribution in [-0.4, -0.2) is 16.0 Å². The van der Waals surface area contributed by atoms with Crippen LogP contribution in [0.1, 0.15) is 46.1 Å². The summed E-state index contributed by atoms with van der Waals surface area (Å²) in [4.78, 5) is 16.2. The second-order valence-corrected chi connectivity index (χ2v) is 5.31. The number of amides is 1. The van der Waals surface area contributed by atoms with Gasteiger partial charge >= 0.3 is 0 Å². The van der Waals surface area contributed by atoms with E-state index in [-0.39, 0.29) is 23.4 Å². The fraction of sp³-hybridized carbons (Fsp3) is 0.235. The van der Waals surface area contributed by atoms with E-state index in [9.17, 15) is 9.90 Å². The van der Waals surface area contributed by atoms with Crippen molar-refractivity contribution in [3.8, 4) is 11.8 Å². The standard InChI is InChI=1S/C17H15N3O2/c18-10-11-6-7-13-12(9-11)3-1-4-14(13)20-17(22)16-15(21)5-2-8-19-16/h2,5-9,14,21H,1,3-4H2,(H,20,22).